The summed E-state index contributed by atoms with van der Waals surface area (Å²) < 4.78 is 4.49. The van der Waals surface area contributed by atoms with Gasteiger partial charge in [-0.15, -0.1) is 11.8 Å². The molecule has 128 valence electrons. The molecule has 1 N–H and O–H groups in total. The van der Waals surface area contributed by atoms with E-state index in [1.165, 1.54) is 11.8 Å². The highest BCUT2D eigenvalue weighted by Gasteiger charge is 2.64. The zero-order valence-electron chi connectivity index (χ0n) is 14.2. The van der Waals surface area contributed by atoms with Gasteiger partial charge >= 0.3 is 0 Å². The Morgan fingerprint density at radius 1 is 1.04 bits per heavy atom. The van der Waals surface area contributed by atoms with Crippen LogP contribution in [-0.4, -0.2) is 23.7 Å². The minimum Gasteiger partial charge on any atom is -0.497 e. The number of benzene rings is 2. The molecule has 2 aliphatic heterocycles. The lowest BCUT2D eigenvalue weighted by Gasteiger charge is -2.32. The van der Waals surface area contributed by atoms with Crippen molar-refractivity contribution in [1.29, 1.82) is 0 Å². The summed E-state index contributed by atoms with van der Waals surface area (Å²) in [5, 5.41) is 2.93. The van der Waals surface area contributed by atoms with E-state index in [2.05, 4.69) is 5.32 Å². The molecule has 2 amide bonds. The van der Waals surface area contributed by atoms with Crippen LogP contribution in [0.25, 0.3) is 0 Å². The Bertz CT molecular complexity index is 878. The number of carbonyl (C=O) groups excluding carboxylic acids is 2. The van der Waals surface area contributed by atoms with E-state index in [0.717, 1.165) is 11.3 Å². The number of carbonyl (C=O) groups is 2. The molecule has 0 bridgehead atoms. The third-order valence-electron chi connectivity index (χ3n) is 4.61. The highest BCUT2D eigenvalue weighted by Crippen LogP contribution is 2.59. The lowest BCUT2D eigenvalue weighted by Crippen LogP contribution is -2.47. The summed E-state index contributed by atoms with van der Waals surface area (Å²) >= 11 is 1.38. The number of fused-ring (bicyclic) bond motifs is 2. The van der Waals surface area contributed by atoms with Gasteiger partial charge in [-0.25, -0.2) is 0 Å². The second kappa shape index (κ2) is 5.26. The van der Waals surface area contributed by atoms with Crippen LogP contribution >= 0.6 is 11.8 Å². The first-order valence-electron chi connectivity index (χ1n) is 8.00. The Hall–Kier alpha value is -2.47. The van der Waals surface area contributed by atoms with Crippen molar-refractivity contribution in [1.82, 2.24) is 0 Å². The molecule has 1 unspecified atom stereocenters. The summed E-state index contributed by atoms with van der Waals surface area (Å²) in [6, 6.07) is 14.8. The van der Waals surface area contributed by atoms with Crippen LogP contribution in [0.2, 0.25) is 0 Å². The molecule has 2 aliphatic rings. The maximum Gasteiger partial charge on any atom is 0.266 e. The van der Waals surface area contributed by atoms with Crippen LogP contribution in [0.1, 0.15) is 19.4 Å². The van der Waals surface area contributed by atoms with Gasteiger partial charge in [0.25, 0.3) is 5.91 Å². The van der Waals surface area contributed by atoms with Crippen LogP contribution in [0.3, 0.4) is 0 Å². The first-order chi connectivity index (χ1) is 11.9. The largest absolute Gasteiger partial charge is 0.497 e. The molecule has 2 heterocycles. The van der Waals surface area contributed by atoms with Crippen LogP contribution in [0.5, 0.6) is 5.75 Å². The Labute approximate surface area is 150 Å². The topological polar surface area (TPSA) is 58.6 Å². The van der Waals surface area contributed by atoms with Gasteiger partial charge in [-0.2, -0.15) is 0 Å². The smallest absolute Gasteiger partial charge is 0.266 e. The average Bonchev–Trinajstić information content (AvgIpc) is 2.99. The summed E-state index contributed by atoms with van der Waals surface area (Å²) in [7, 11) is 1.59. The highest BCUT2D eigenvalue weighted by molar-refractivity contribution is 8.03. The Balaban J connectivity index is 1.93. The molecule has 1 saturated heterocycles. The molecular formula is C19H18N2O3S. The Morgan fingerprint density at radius 3 is 2.40 bits per heavy atom. The molecule has 1 spiro atoms. The molecule has 2 aromatic rings. The van der Waals surface area contributed by atoms with Gasteiger partial charge in [0.2, 0.25) is 10.8 Å². The molecule has 4 rings (SSSR count). The molecule has 0 aliphatic carbocycles. The van der Waals surface area contributed by atoms with E-state index >= 15 is 0 Å². The quantitative estimate of drug-likeness (QED) is 0.898. The zero-order chi connectivity index (χ0) is 17.8. The predicted molar refractivity (Wildman–Crippen MR) is 98.9 cm³/mol. The van der Waals surface area contributed by atoms with Gasteiger partial charge in [-0.1, -0.05) is 18.2 Å². The van der Waals surface area contributed by atoms with Crippen molar-refractivity contribution in [3.05, 3.63) is 54.1 Å². The minimum atomic E-state index is -1.09. The van der Waals surface area contributed by atoms with Crippen molar-refractivity contribution in [2.45, 2.75) is 23.5 Å². The Kier molecular flexibility index (Phi) is 3.37. The van der Waals surface area contributed by atoms with E-state index < -0.39 is 9.62 Å². The molecule has 0 saturated carbocycles. The maximum atomic E-state index is 13.2. The Morgan fingerprint density at radius 2 is 1.72 bits per heavy atom. The number of amides is 2. The summed E-state index contributed by atoms with van der Waals surface area (Å²) in [4.78, 5) is 26.8. The summed E-state index contributed by atoms with van der Waals surface area (Å²) in [5.41, 5.74) is 2.25. The third-order valence-corrected chi connectivity index (χ3v) is 6.18. The van der Waals surface area contributed by atoms with Crippen molar-refractivity contribution in [2.24, 2.45) is 0 Å². The molecule has 25 heavy (non-hydrogen) atoms. The average molecular weight is 354 g/mol. The fourth-order valence-electron chi connectivity index (χ4n) is 3.44. The fraction of sp³-hybridized carbons (Fsp3) is 0.263. The number of hydrogen-bond acceptors (Lipinski definition) is 4. The second-order valence-corrected chi connectivity index (χ2v) is 8.41. The molecule has 6 heteroatoms. The van der Waals surface area contributed by atoms with Gasteiger partial charge < -0.3 is 10.1 Å². The minimum absolute atomic E-state index is 0.0884. The summed E-state index contributed by atoms with van der Waals surface area (Å²) in [6.07, 6.45) is 0. The van der Waals surface area contributed by atoms with Crippen molar-refractivity contribution in [2.75, 3.05) is 17.3 Å². The molecule has 1 fully saturated rings. The van der Waals surface area contributed by atoms with Crippen molar-refractivity contribution in [3.63, 3.8) is 0 Å². The molecule has 0 aromatic heterocycles. The van der Waals surface area contributed by atoms with Crippen LogP contribution in [-0.2, 0) is 14.5 Å². The van der Waals surface area contributed by atoms with E-state index in [1.807, 2.05) is 50.2 Å². The molecule has 5 nitrogen and oxygen atoms in total. The van der Waals surface area contributed by atoms with E-state index in [9.17, 15) is 9.59 Å². The van der Waals surface area contributed by atoms with Crippen LogP contribution in [0, 0.1) is 0 Å². The zero-order valence-corrected chi connectivity index (χ0v) is 15.0. The van der Waals surface area contributed by atoms with Crippen molar-refractivity contribution >= 4 is 35.0 Å². The number of methoxy groups -OCH3 is 1. The summed E-state index contributed by atoms with van der Waals surface area (Å²) in [6.45, 7) is 3.72. The first kappa shape index (κ1) is 16.0. The predicted octanol–water partition coefficient (Wildman–Crippen LogP) is 3.36. The van der Waals surface area contributed by atoms with Gasteiger partial charge in [0.1, 0.15) is 5.75 Å². The number of hydrogen-bond donors (Lipinski definition) is 1. The normalized spacial score (nSPS) is 23.7. The third kappa shape index (κ3) is 2.10. The SMILES string of the molecule is COc1ccc(N2C(=O)C(C)(C)SC23C(=O)Nc2ccccc23)cc1. The van der Waals surface area contributed by atoms with Gasteiger partial charge in [0, 0.05) is 16.9 Å². The standard InChI is InChI=1S/C19H18N2O3S/c1-18(2)17(23)21(12-8-10-13(24-3)11-9-12)19(25-18)14-6-4-5-7-15(14)20-16(19)22/h4-11H,1-3H3,(H,20,22). The fourth-order valence-corrected chi connectivity index (χ4v) is 5.07. The first-order valence-corrected chi connectivity index (χ1v) is 8.81. The van der Waals surface area contributed by atoms with E-state index in [-0.39, 0.29) is 11.8 Å². The van der Waals surface area contributed by atoms with Gasteiger partial charge in [0.05, 0.1) is 11.9 Å². The lowest BCUT2D eigenvalue weighted by molar-refractivity contribution is -0.123. The molecule has 1 atom stereocenters. The second-order valence-electron chi connectivity index (χ2n) is 6.59. The van der Waals surface area contributed by atoms with Crippen LogP contribution in [0.15, 0.2) is 48.5 Å². The van der Waals surface area contributed by atoms with Crippen molar-refractivity contribution in [3.8, 4) is 5.75 Å². The number of rotatable bonds is 2. The van der Waals surface area contributed by atoms with E-state index in [1.54, 1.807) is 24.1 Å². The van der Waals surface area contributed by atoms with E-state index in [4.69, 9.17) is 4.74 Å². The number of nitrogens with one attached hydrogen (secondary N) is 1. The van der Waals surface area contributed by atoms with Crippen molar-refractivity contribution < 1.29 is 14.3 Å². The number of ether oxygens (including phenoxy) is 1. The molecular weight excluding hydrogens is 336 g/mol. The van der Waals surface area contributed by atoms with Gasteiger partial charge in [0.15, 0.2) is 0 Å². The van der Waals surface area contributed by atoms with Crippen LogP contribution in [0.4, 0.5) is 11.4 Å². The number of thioether (sulfide) groups is 1. The van der Waals surface area contributed by atoms with Gasteiger partial charge in [-0.3, -0.25) is 14.5 Å². The number of nitrogens with zero attached hydrogens (tertiary/aromatic N) is 1. The van der Waals surface area contributed by atoms with E-state index in [0.29, 0.717) is 11.4 Å². The number of anilines is 2. The molecule has 0 radical (unpaired) electrons. The van der Waals surface area contributed by atoms with Gasteiger partial charge in [-0.05, 0) is 44.2 Å². The molecule has 2 aromatic carbocycles. The summed E-state index contributed by atoms with van der Waals surface area (Å²) in [5.74, 6) is 0.426. The maximum absolute atomic E-state index is 13.2. The number of para-hydroxylation sites is 1. The monoisotopic (exact) mass is 354 g/mol. The van der Waals surface area contributed by atoms with Crippen LogP contribution < -0.4 is 15.0 Å². The highest BCUT2D eigenvalue weighted by atomic mass is 32.2. The lowest BCUT2D eigenvalue weighted by atomic mass is 10.0.